The minimum Gasteiger partial charge on any atom is -0.456 e. The third-order valence-electron chi connectivity index (χ3n) is 9.83. The van der Waals surface area contributed by atoms with Gasteiger partial charge in [-0.25, -0.2) is 9.97 Å². The normalized spacial score (nSPS) is 11.5. The summed E-state index contributed by atoms with van der Waals surface area (Å²) in [7, 11) is 0. The largest absolute Gasteiger partial charge is 0.456 e. The summed E-state index contributed by atoms with van der Waals surface area (Å²) < 4.78 is 6.31. The number of aromatic nitrogens is 2. The Balaban J connectivity index is 1.19. The smallest absolute Gasteiger partial charge is 0.160 e. The summed E-state index contributed by atoms with van der Waals surface area (Å²) in [6.45, 7) is 0. The van der Waals surface area contributed by atoms with Crippen LogP contribution in [0.4, 0.5) is 0 Å². The van der Waals surface area contributed by atoms with Gasteiger partial charge in [0.1, 0.15) is 11.2 Å². The van der Waals surface area contributed by atoms with Gasteiger partial charge in [0.25, 0.3) is 0 Å². The zero-order chi connectivity index (χ0) is 33.7. The first-order valence-corrected chi connectivity index (χ1v) is 17.2. The zero-order valence-electron chi connectivity index (χ0n) is 27.6. The van der Waals surface area contributed by atoms with Gasteiger partial charge in [-0.2, -0.15) is 0 Å². The molecular formula is C48H30N2O. The van der Waals surface area contributed by atoms with E-state index in [2.05, 4.69) is 170 Å². The molecule has 0 unspecified atom stereocenters. The Morgan fingerprint density at radius 2 is 0.843 bits per heavy atom. The molecule has 8 aromatic carbocycles. The van der Waals surface area contributed by atoms with Crippen molar-refractivity contribution >= 4 is 43.5 Å². The molecule has 10 aromatic rings. The summed E-state index contributed by atoms with van der Waals surface area (Å²) in [5.74, 6) is 0.691. The lowest BCUT2D eigenvalue weighted by molar-refractivity contribution is 0.669. The average Bonchev–Trinajstić information content (AvgIpc) is 3.58. The van der Waals surface area contributed by atoms with Crippen LogP contribution in [0.15, 0.2) is 186 Å². The molecule has 3 nitrogen and oxygen atoms in total. The van der Waals surface area contributed by atoms with Gasteiger partial charge in [0.05, 0.1) is 11.4 Å². The minimum atomic E-state index is 0.691. The molecule has 0 amide bonds. The molecule has 0 radical (unpaired) electrons. The molecule has 238 valence electrons. The van der Waals surface area contributed by atoms with Crippen LogP contribution in [0.5, 0.6) is 0 Å². The van der Waals surface area contributed by atoms with E-state index in [9.17, 15) is 0 Å². The fourth-order valence-electron chi connectivity index (χ4n) is 7.19. The van der Waals surface area contributed by atoms with Crippen LogP contribution in [0.2, 0.25) is 0 Å². The van der Waals surface area contributed by atoms with Crippen molar-refractivity contribution in [3.8, 4) is 56.2 Å². The van der Waals surface area contributed by atoms with Crippen molar-refractivity contribution in [1.82, 2.24) is 9.97 Å². The van der Waals surface area contributed by atoms with E-state index < -0.39 is 0 Å². The second kappa shape index (κ2) is 11.9. The minimum absolute atomic E-state index is 0.691. The number of para-hydroxylation sites is 1. The molecule has 2 heterocycles. The molecule has 0 spiro atoms. The Morgan fingerprint density at radius 1 is 0.294 bits per heavy atom. The number of hydrogen-bond acceptors (Lipinski definition) is 3. The van der Waals surface area contributed by atoms with Crippen LogP contribution in [0, 0.1) is 0 Å². The van der Waals surface area contributed by atoms with Crippen molar-refractivity contribution in [3.05, 3.63) is 182 Å². The summed E-state index contributed by atoms with van der Waals surface area (Å²) in [6, 6.07) is 64.0. The van der Waals surface area contributed by atoms with Crippen LogP contribution in [-0.4, -0.2) is 9.97 Å². The molecule has 10 rings (SSSR count). The van der Waals surface area contributed by atoms with Crippen LogP contribution >= 0.6 is 0 Å². The predicted octanol–water partition coefficient (Wildman–Crippen LogP) is 13.0. The Kier molecular flexibility index (Phi) is 6.81. The summed E-state index contributed by atoms with van der Waals surface area (Å²) in [6.07, 6.45) is 0. The fraction of sp³-hybridized carbons (Fsp3) is 0. The van der Waals surface area contributed by atoms with Crippen molar-refractivity contribution < 1.29 is 4.42 Å². The number of hydrogen-bond donors (Lipinski definition) is 0. The second-order valence-corrected chi connectivity index (χ2v) is 13.1. The van der Waals surface area contributed by atoms with Gasteiger partial charge in [0, 0.05) is 27.5 Å². The van der Waals surface area contributed by atoms with Crippen LogP contribution in [0.25, 0.3) is 99.6 Å². The van der Waals surface area contributed by atoms with E-state index in [1.807, 2.05) is 12.1 Å². The van der Waals surface area contributed by atoms with Crippen molar-refractivity contribution in [3.63, 3.8) is 0 Å². The lowest BCUT2D eigenvalue weighted by Crippen LogP contribution is -1.97. The lowest BCUT2D eigenvalue weighted by Gasteiger charge is -2.14. The average molecular weight is 651 g/mol. The first-order chi connectivity index (χ1) is 25.2. The van der Waals surface area contributed by atoms with Gasteiger partial charge in [-0.15, -0.1) is 0 Å². The van der Waals surface area contributed by atoms with E-state index in [0.29, 0.717) is 5.82 Å². The van der Waals surface area contributed by atoms with E-state index in [0.717, 1.165) is 77.7 Å². The van der Waals surface area contributed by atoms with Gasteiger partial charge in [-0.3, -0.25) is 0 Å². The van der Waals surface area contributed by atoms with E-state index in [1.165, 1.54) is 16.2 Å². The second-order valence-electron chi connectivity index (χ2n) is 13.1. The number of fused-ring (bicyclic) bond motifs is 5. The van der Waals surface area contributed by atoms with E-state index in [-0.39, 0.29) is 0 Å². The Labute approximate surface area is 295 Å². The summed E-state index contributed by atoms with van der Waals surface area (Å²) in [5, 5.41) is 6.97. The molecule has 0 aliphatic carbocycles. The SMILES string of the molecule is c1ccc(-c2cc(-c3ccc4c(c3)oc3ccccc34)cc(-c3cc(-c4ccc5ccccc5c4)nc(-c4ccc5ccccc5c4)n3)c2)cc1. The highest BCUT2D eigenvalue weighted by Crippen LogP contribution is 2.37. The van der Waals surface area contributed by atoms with Gasteiger partial charge in [-0.1, -0.05) is 127 Å². The number of rotatable bonds is 5. The lowest BCUT2D eigenvalue weighted by atomic mass is 9.94. The van der Waals surface area contributed by atoms with Crippen molar-refractivity contribution in [2.45, 2.75) is 0 Å². The van der Waals surface area contributed by atoms with E-state index in [1.54, 1.807) is 0 Å². The molecule has 0 saturated carbocycles. The van der Waals surface area contributed by atoms with Crippen molar-refractivity contribution in [2.24, 2.45) is 0 Å². The molecule has 0 saturated heterocycles. The zero-order valence-corrected chi connectivity index (χ0v) is 27.6. The van der Waals surface area contributed by atoms with Crippen LogP contribution < -0.4 is 0 Å². The number of nitrogens with zero attached hydrogens (tertiary/aromatic N) is 2. The molecule has 51 heavy (non-hydrogen) atoms. The van der Waals surface area contributed by atoms with E-state index >= 15 is 0 Å². The van der Waals surface area contributed by atoms with Crippen LogP contribution in [-0.2, 0) is 0 Å². The van der Waals surface area contributed by atoms with Gasteiger partial charge >= 0.3 is 0 Å². The Bertz CT molecular complexity index is 2830. The third kappa shape index (κ3) is 5.33. The monoisotopic (exact) mass is 650 g/mol. The molecule has 0 fully saturated rings. The molecule has 0 aliphatic rings. The highest BCUT2D eigenvalue weighted by molar-refractivity contribution is 6.06. The fourth-order valence-corrected chi connectivity index (χ4v) is 7.19. The molecule has 0 atom stereocenters. The van der Waals surface area contributed by atoms with Crippen molar-refractivity contribution in [1.29, 1.82) is 0 Å². The molecule has 0 N–H and O–H groups in total. The van der Waals surface area contributed by atoms with Gasteiger partial charge < -0.3 is 4.42 Å². The third-order valence-corrected chi connectivity index (χ3v) is 9.83. The molecule has 0 bridgehead atoms. The van der Waals surface area contributed by atoms with Gasteiger partial charge in [0.2, 0.25) is 0 Å². The van der Waals surface area contributed by atoms with Gasteiger partial charge in [0.15, 0.2) is 5.82 Å². The standard InChI is InChI=1S/C48H30N2O/c1-2-10-31(11-3-1)39-26-40(36-22-23-43-42-16-8-9-17-46(42)51-47(43)29-36)28-41(27-39)45-30-44(37-20-18-32-12-4-6-14-34(32)24-37)49-48(50-45)38-21-19-33-13-5-7-15-35(33)25-38/h1-30H. The molecule has 3 heteroatoms. The quantitative estimate of drug-likeness (QED) is 0.186. The Morgan fingerprint density at radius 3 is 1.61 bits per heavy atom. The summed E-state index contributed by atoms with van der Waals surface area (Å²) in [5.41, 5.74) is 11.0. The number of benzene rings is 8. The van der Waals surface area contributed by atoms with Crippen LogP contribution in [0.1, 0.15) is 0 Å². The maximum Gasteiger partial charge on any atom is 0.160 e. The predicted molar refractivity (Wildman–Crippen MR) is 212 cm³/mol. The van der Waals surface area contributed by atoms with Crippen molar-refractivity contribution in [2.75, 3.05) is 0 Å². The highest BCUT2D eigenvalue weighted by atomic mass is 16.3. The van der Waals surface area contributed by atoms with Crippen LogP contribution in [0.3, 0.4) is 0 Å². The first-order valence-electron chi connectivity index (χ1n) is 17.2. The first kappa shape index (κ1) is 29.1. The Hall–Kier alpha value is -6.84. The molecule has 2 aromatic heterocycles. The van der Waals surface area contributed by atoms with Gasteiger partial charge in [-0.05, 0) is 98.4 Å². The number of furan rings is 1. The molecule has 0 aliphatic heterocycles. The topological polar surface area (TPSA) is 38.9 Å². The maximum atomic E-state index is 6.31. The highest BCUT2D eigenvalue weighted by Gasteiger charge is 2.15. The summed E-state index contributed by atoms with van der Waals surface area (Å²) >= 11 is 0. The molecular weight excluding hydrogens is 621 g/mol. The maximum absolute atomic E-state index is 6.31. The van der Waals surface area contributed by atoms with E-state index in [4.69, 9.17) is 14.4 Å². The summed E-state index contributed by atoms with van der Waals surface area (Å²) in [4.78, 5) is 10.5.